The van der Waals surface area contributed by atoms with Crippen LogP contribution in [0.3, 0.4) is 0 Å². The fraction of sp³-hybridized carbons (Fsp3) is 0.353. The van der Waals surface area contributed by atoms with Crippen LogP contribution in [-0.2, 0) is 13.0 Å². The van der Waals surface area contributed by atoms with E-state index < -0.39 is 0 Å². The van der Waals surface area contributed by atoms with Crippen LogP contribution in [0.5, 0.6) is 11.5 Å². The maximum Gasteiger partial charge on any atom is 0.191 e. The second-order valence-electron chi connectivity index (χ2n) is 5.28. The average molecular weight is 366 g/mol. The van der Waals surface area contributed by atoms with Crippen LogP contribution in [-0.4, -0.2) is 32.8 Å². The molecule has 0 saturated heterocycles. The number of thiophene rings is 1. The Labute approximate surface area is 150 Å². The molecule has 1 aromatic heterocycles. The van der Waals surface area contributed by atoms with Crippen molar-refractivity contribution in [3.63, 3.8) is 0 Å². The quantitative estimate of drug-likeness (QED) is 0.631. The molecule has 0 saturated carbocycles. The molecule has 0 fully saturated rings. The van der Waals surface area contributed by atoms with Crippen LogP contribution >= 0.6 is 22.9 Å². The van der Waals surface area contributed by atoms with Crippen LogP contribution in [0.2, 0.25) is 5.02 Å². The number of ether oxygens (including phenoxy) is 2. The van der Waals surface area contributed by atoms with Gasteiger partial charge in [0.1, 0.15) is 13.2 Å². The lowest BCUT2D eigenvalue weighted by Gasteiger charge is -2.20. The molecule has 24 heavy (non-hydrogen) atoms. The molecule has 0 unspecified atom stereocenters. The third kappa shape index (κ3) is 4.33. The predicted molar refractivity (Wildman–Crippen MR) is 98.7 cm³/mol. The number of hydrogen-bond acceptors (Lipinski definition) is 4. The lowest BCUT2D eigenvalue weighted by atomic mass is 10.2. The Balaban J connectivity index is 1.53. The van der Waals surface area contributed by atoms with E-state index in [1.807, 2.05) is 12.1 Å². The first kappa shape index (κ1) is 16.9. The highest BCUT2D eigenvalue weighted by molar-refractivity contribution is 7.09. The van der Waals surface area contributed by atoms with Crippen molar-refractivity contribution < 1.29 is 9.47 Å². The van der Waals surface area contributed by atoms with Gasteiger partial charge in [-0.25, -0.2) is 0 Å². The molecule has 1 aromatic carbocycles. The van der Waals surface area contributed by atoms with Crippen molar-refractivity contribution in [1.29, 1.82) is 0 Å². The van der Waals surface area contributed by atoms with E-state index in [0.29, 0.717) is 36.3 Å². The minimum absolute atomic E-state index is 0.533. The van der Waals surface area contributed by atoms with E-state index >= 15 is 0 Å². The van der Waals surface area contributed by atoms with Gasteiger partial charge < -0.3 is 20.1 Å². The van der Waals surface area contributed by atoms with Crippen LogP contribution in [0.4, 0.5) is 0 Å². The van der Waals surface area contributed by atoms with Gasteiger partial charge in [0.2, 0.25) is 0 Å². The summed E-state index contributed by atoms with van der Waals surface area (Å²) in [6.45, 7) is 2.52. The molecule has 0 amide bonds. The van der Waals surface area contributed by atoms with E-state index in [1.54, 1.807) is 18.4 Å². The molecule has 2 aromatic rings. The van der Waals surface area contributed by atoms with Crippen molar-refractivity contribution in [2.75, 3.05) is 26.8 Å². The Hall–Kier alpha value is -1.92. The molecule has 0 aliphatic carbocycles. The van der Waals surface area contributed by atoms with Gasteiger partial charge in [-0.2, -0.15) is 0 Å². The SMILES string of the molecule is CN=C(NCCc1cccs1)NCc1cc(Cl)c2c(c1)OCCO2. The molecule has 0 bridgehead atoms. The van der Waals surface area contributed by atoms with E-state index in [-0.39, 0.29) is 0 Å². The van der Waals surface area contributed by atoms with Crippen molar-refractivity contribution >= 4 is 28.9 Å². The lowest BCUT2D eigenvalue weighted by molar-refractivity contribution is 0.171. The number of halogens is 1. The van der Waals surface area contributed by atoms with Gasteiger partial charge in [-0.05, 0) is 35.6 Å². The average Bonchev–Trinajstić information content (AvgIpc) is 3.11. The largest absolute Gasteiger partial charge is 0.486 e. The Morgan fingerprint density at radius 1 is 1.29 bits per heavy atom. The van der Waals surface area contributed by atoms with Crippen LogP contribution in [0.15, 0.2) is 34.6 Å². The van der Waals surface area contributed by atoms with Gasteiger partial charge in [0.15, 0.2) is 17.5 Å². The van der Waals surface area contributed by atoms with Gasteiger partial charge in [-0.3, -0.25) is 4.99 Å². The minimum atomic E-state index is 0.533. The van der Waals surface area contributed by atoms with Gasteiger partial charge in [0.05, 0.1) is 5.02 Å². The fourth-order valence-electron chi connectivity index (χ4n) is 2.43. The summed E-state index contributed by atoms with van der Waals surface area (Å²) >= 11 is 8.03. The number of nitrogens with one attached hydrogen (secondary N) is 2. The first-order chi connectivity index (χ1) is 11.8. The fourth-order valence-corrected chi connectivity index (χ4v) is 3.43. The molecular weight excluding hydrogens is 346 g/mol. The number of nitrogens with zero attached hydrogens (tertiary/aromatic N) is 1. The molecule has 7 heteroatoms. The molecule has 128 valence electrons. The maximum atomic E-state index is 6.26. The van der Waals surface area contributed by atoms with Crippen LogP contribution < -0.4 is 20.1 Å². The van der Waals surface area contributed by atoms with Crippen molar-refractivity contribution in [2.24, 2.45) is 4.99 Å². The van der Waals surface area contributed by atoms with Gasteiger partial charge in [-0.15, -0.1) is 11.3 Å². The first-order valence-electron chi connectivity index (χ1n) is 7.81. The van der Waals surface area contributed by atoms with Crippen molar-refractivity contribution in [3.8, 4) is 11.5 Å². The summed E-state index contributed by atoms with van der Waals surface area (Å²) < 4.78 is 11.1. The number of fused-ring (bicyclic) bond motifs is 1. The number of hydrogen-bond donors (Lipinski definition) is 2. The Kier molecular flexibility index (Phi) is 5.82. The first-order valence-corrected chi connectivity index (χ1v) is 9.07. The van der Waals surface area contributed by atoms with E-state index in [1.165, 1.54) is 4.88 Å². The van der Waals surface area contributed by atoms with Crippen molar-refractivity contribution in [3.05, 3.63) is 45.1 Å². The van der Waals surface area contributed by atoms with E-state index in [2.05, 4.69) is 33.1 Å². The summed E-state index contributed by atoms with van der Waals surface area (Å²) in [5.74, 6) is 2.09. The molecule has 1 aliphatic heterocycles. The molecule has 2 N–H and O–H groups in total. The molecular formula is C17H20ClN3O2S. The standard InChI is InChI=1S/C17H20ClN3O2S/c1-19-17(20-5-4-13-3-2-8-24-13)21-11-12-9-14(18)16-15(10-12)22-6-7-23-16/h2-3,8-10H,4-7,11H2,1H3,(H2,19,20,21). The zero-order chi connectivity index (χ0) is 16.8. The minimum Gasteiger partial charge on any atom is -0.486 e. The number of benzene rings is 1. The topological polar surface area (TPSA) is 54.9 Å². The third-order valence-corrected chi connectivity index (χ3v) is 4.80. The number of aliphatic imine (C=N–C) groups is 1. The molecule has 2 heterocycles. The van der Waals surface area contributed by atoms with Gasteiger partial charge in [0.25, 0.3) is 0 Å². The van der Waals surface area contributed by atoms with Crippen LogP contribution in [0, 0.1) is 0 Å². The summed E-state index contributed by atoms with van der Waals surface area (Å²) in [6, 6.07) is 8.05. The molecule has 0 radical (unpaired) electrons. The van der Waals surface area contributed by atoms with E-state index in [9.17, 15) is 0 Å². The maximum absolute atomic E-state index is 6.26. The zero-order valence-corrected chi connectivity index (χ0v) is 15.0. The summed E-state index contributed by atoms with van der Waals surface area (Å²) in [4.78, 5) is 5.60. The second-order valence-corrected chi connectivity index (χ2v) is 6.72. The Morgan fingerprint density at radius 2 is 2.17 bits per heavy atom. The lowest BCUT2D eigenvalue weighted by Crippen LogP contribution is -2.37. The molecule has 5 nitrogen and oxygen atoms in total. The van der Waals surface area contributed by atoms with E-state index in [0.717, 1.165) is 24.5 Å². The molecule has 3 rings (SSSR count). The molecule has 0 spiro atoms. The van der Waals surface area contributed by atoms with Crippen molar-refractivity contribution in [2.45, 2.75) is 13.0 Å². The monoisotopic (exact) mass is 365 g/mol. The summed E-state index contributed by atoms with van der Waals surface area (Å²) in [5, 5.41) is 9.26. The smallest absolute Gasteiger partial charge is 0.191 e. The highest BCUT2D eigenvalue weighted by atomic mass is 35.5. The zero-order valence-electron chi connectivity index (χ0n) is 13.5. The van der Waals surface area contributed by atoms with Gasteiger partial charge in [-0.1, -0.05) is 17.7 Å². The second kappa shape index (κ2) is 8.26. The normalized spacial score (nSPS) is 13.7. The van der Waals surface area contributed by atoms with Crippen LogP contribution in [0.1, 0.15) is 10.4 Å². The number of guanidine groups is 1. The summed E-state index contributed by atoms with van der Waals surface area (Å²) in [6.07, 6.45) is 0.980. The number of rotatable bonds is 5. The molecule has 1 aliphatic rings. The highest BCUT2D eigenvalue weighted by Gasteiger charge is 2.16. The Bertz CT molecular complexity index is 704. The van der Waals surface area contributed by atoms with Gasteiger partial charge in [0, 0.05) is 25.0 Å². The Morgan fingerprint density at radius 3 is 2.96 bits per heavy atom. The predicted octanol–water partition coefficient (Wildman–Crippen LogP) is 3.08. The van der Waals surface area contributed by atoms with Crippen molar-refractivity contribution in [1.82, 2.24) is 10.6 Å². The van der Waals surface area contributed by atoms with Gasteiger partial charge >= 0.3 is 0 Å². The van der Waals surface area contributed by atoms with Crippen LogP contribution in [0.25, 0.3) is 0 Å². The summed E-state index contributed by atoms with van der Waals surface area (Å²) in [7, 11) is 1.76. The highest BCUT2D eigenvalue weighted by Crippen LogP contribution is 2.38. The summed E-state index contributed by atoms with van der Waals surface area (Å²) in [5.41, 5.74) is 1.02. The van der Waals surface area contributed by atoms with E-state index in [4.69, 9.17) is 21.1 Å². The third-order valence-electron chi connectivity index (χ3n) is 3.58. The molecule has 0 atom stereocenters.